The van der Waals surface area contributed by atoms with E-state index in [1.807, 2.05) is 32.0 Å². The van der Waals surface area contributed by atoms with Gasteiger partial charge in [-0.25, -0.2) is 17.9 Å². The molecule has 0 saturated heterocycles. The maximum Gasteiger partial charge on any atom is 0.335 e. The number of hydrogen-bond acceptors (Lipinski definition) is 6. The Morgan fingerprint density at radius 2 is 1.81 bits per heavy atom. The van der Waals surface area contributed by atoms with Crippen LogP contribution in [0, 0.1) is 0 Å². The number of nitrogens with one attached hydrogen (secondary N) is 2. The van der Waals surface area contributed by atoms with Gasteiger partial charge >= 0.3 is 5.97 Å². The zero-order chi connectivity index (χ0) is 22.9. The van der Waals surface area contributed by atoms with Crippen LogP contribution in [-0.4, -0.2) is 58.1 Å². The van der Waals surface area contributed by atoms with E-state index < -0.39 is 16.0 Å². The number of sulfonamides is 1. The second-order valence-corrected chi connectivity index (χ2v) is 9.14. The number of carboxylic acids is 1. The predicted molar refractivity (Wildman–Crippen MR) is 122 cm³/mol. The maximum atomic E-state index is 13.1. The van der Waals surface area contributed by atoms with Gasteiger partial charge in [0.1, 0.15) is 10.6 Å². The third-order valence-electron chi connectivity index (χ3n) is 4.47. The van der Waals surface area contributed by atoms with Gasteiger partial charge in [-0.2, -0.15) is 0 Å². The van der Waals surface area contributed by atoms with E-state index in [2.05, 4.69) is 10.0 Å². The van der Waals surface area contributed by atoms with Gasteiger partial charge in [0.15, 0.2) is 5.75 Å². The predicted octanol–water partition coefficient (Wildman–Crippen LogP) is 3.62. The Hall–Kier alpha value is -2.62. The van der Waals surface area contributed by atoms with E-state index >= 15 is 0 Å². The first kappa shape index (κ1) is 24.6. The molecular formula is C22H31N3O5S. The van der Waals surface area contributed by atoms with Gasteiger partial charge < -0.3 is 20.1 Å². The molecular weight excluding hydrogens is 418 g/mol. The van der Waals surface area contributed by atoms with Crippen molar-refractivity contribution in [3.05, 3.63) is 48.0 Å². The molecule has 0 radical (unpaired) electrons. The van der Waals surface area contributed by atoms with Gasteiger partial charge in [-0.05, 0) is 57.7 Å². The minimum Gasteiger partial charge on any atom is -0.478 e. The quantitative estimate of drug-likeness (QED) is 0.401. The highest BCUT2D eigenvalue weighted by molar-refractivity contribution is 7.89. The van der Waals surface area contributed by atoms with Crippen molar-refractivity contribution >= 4 is 21.7 Å². The second-order valence-electron chi connectivity index (χ2n) is 7.41. The van der Waals surface area contributed by atoms with E-state index in [4.69, 9.17) is 4.74 Å². The summed E-state index contributed by atoms with van der Waals surface area (Å²) in [5.41, 5.74) is 0.193. The maximum absolute atomic E-state index is 13.1. The number of carbonyl (C=O) groups is 1. The van der Waals surface area contributed by atoms with Crippen LogP contribution in [0.15, 0.2) is 47.4 Å². The number of nitrogens with zero attached hydrogens (tertiary/aromatic N) is 1. The largest absolute Gasteiger partial charge is 0.478 e. The Kier molecular flexibility index (Phi) is 9.29. The van der Waals surface area contributed by atoms with Gasteiger partial charge in [-0.15, -0.1) is 0 Å². The Labute approximate surface area is 184 Å². The minimum atomic E-state index is -4.01. The molecule has 0 aromatic heterocycles. The van der Waals surface area contributed by atoms with Crippen LogP contribution in [-0.2, 0) is 10.0 Å². The number of ether oxygens (including phenoxy) is 1. The van der Waals surface area contributed by atoms with Crippen molar-refractivity contribution < 1.29 is 23.1 Å². The van der Waals surface area contributed by atoms with Crippen molar-refractivity contribution in [1.29, 1.82) is 0 Å². The van der Waals surface area contributed by atoms with Gasteiger partial charge in [0.2, 0.25) is 10.0 Å². The highest BCUT2D eigenvalue weighted by atomic mass is 32.2. The first-order chi connectivity index (χ1) is 14.7. The number of benzene rings is 2. The second kappa shape index (κ2) is 11.7. The number of aromatic carboxylic acids is 1. The molecule has 0 heterocycles. The van der Waals surface area contributed by atoms with Crippen molar-refractivity contribution in [3.8, 4) is 11.5 Å². The van der Waals surface area contributed by atoms with E-state index in [9.17, 15) is 18.3 Å². The Morgan fingerprint density at radius 1 is 1.10 bits per heavy atom. The molecule has 0 bridgehead atoms. The van der Waals surface area contributed by atoms with E-state index in [-0.39, 0.29) is 22.8 Å². The van der Waals surface area contributed by atoms with Crippen LogP contribution in [0.2, 0.25) is 0 Å². The SMILES string of the molecule is CCCCNc1cc(C(=O)O)cc(S(=O)(=O)NCCCN(C)C)c1Oc1ccccc1. The number of rotatable bonds is 13. The fourth-order valence-corrected chi connectivity index (χ4v) is 4.09. The normalized spacial score (nSPS) is 11.5. The lowest BCUT2D eigenvalue weighted by Gasteiger charge is -2.19. The molecule has 0 amide bonds. The van der Waals surface area contributed by atoms with Gasteiger partial charge in [0.05, 0.1) is 11.3 Å². The molecule has 0 unspecified atom stereocenters. The number of unbranched alkanes of at least 4 members (excludes halogenated alkanes) is 1. The summed E-state index contributed by atoms with van der Waals surface area (Å²) < 4.78 is 34.8. The highest BCUT2D eigenvalue weighted by Crippen LogP contribution is 2.37. The van der Waals surface area contributed by atoms with Crippen LogP contribution < -0.4 is 14.8 Å². The Morgan fingerprint density at radius 3 is 2.42 bits per heavy atom. The molecule has 2 rings (SSSR count). The molecule has 0 fully saturated rings. The number of carboxylic acid groups (broad SMARTS) is 1. The number of anilines is 1. The molecule has 170 valence electrons. The molecule has 2 aromatic carbocycles. The van der Waals surface area contributed by atoms with Gasteiger partial charge in [-0.3, -0.25) is 0 Å². The molecule has 8 nitrogen and oxygen atoms in total. The molecule has 31 heavy (non-hydrogen) atoms. The average Bonchev–Trinajstić information content (AvgIpc) is 2.72. The lowest BCUT2D eigenvalue weighted by molar-refractivity contribution is 0.0696. The molecule has 0 saturated carbocycles. The summed E-state index contributed by atoms with van der Waals surface area (Å²) in [4.78, 5) is 13.4. The third-order valence-corrected chi connectivity index (χ3v) is 5.94. The van der Waals surface area contributed by atoms with E-state index in [1.54, 1.807) is 24.3 Å². The number of hydrogen-bond donors (Lipinski definition) is 3. The lowest BCUT2D eigenvalue weighted by atomic mass is 10.1. The Balaban J connectivity index is 2.49. The smallest absolute Gasteiger partial charge is 0.335 e. The molecule has 3 N–H and O–H groups in total. The number of para-hydroxylation sites is 1. The van der Waals surface area contributed by atoms with Crippen LogP contribution in [0.25, 0.3) is 0 Å². The van der Waals surface area contributed by atoms with Gasteiger partial charge in [0, 0.05) is 13.1 Å². The van der Waals surface area contributed by atoms with Crippen LogP contribution in [0.4, 0.5) is 5.69 Å². The summed E-state index contributed by atoms with van der Waals surface area (Å²) >= 11 is 0. The fourth-order valence-electron chi connectivity index (χ4n) is 2.85. The summed E-state index contributed by atoms with van der Waals surface area (Å²) in [5, 5.41) is 12.7. The van der Waals surface area contributed by atoms with Crippen LogP contribution in [0.5, 0.6) is 11.5 Å². The minimum absolute atomic E-state index is 0.0763. The molecule has 0 atom stereocenters. The van der Waals surface area contributed by atoms with Crippen LogP contribution >= 0.6 is 0 Å². The summed E-state index contributed by atoms with van der Waals surface area (Å²) in [6.07, 6.45) is 2.38. The summed E-state index contributed by atoms with van der Waals surface area (Å²) in [6, 6.07) is 11.3. The van der Waals surface area contributed by atoms with Crippen molar-refractivity contribution in [2.75, 3.05) is 39.0 Å². The molecule has 9 heteroatoms. The van der Waals surface area contributed by atoms with Gasteiger partial charge in [0.25, 0.3) is 0 Å². The molecule has 0 aliphatic rings. The van der Waals surface area contributed by atoms with Gasteiger partial charge in [-0.1, -0.05) is 31.5 Å². The monoisotopic (exact) mass is 449 g/mol. The van der Waals surface area contributed by atoms with Crippen molar-refractivity contribution in [2.45, 2.75) is 31.1 Å². The average molecular weight is 450 g/mol. The van der Waals surface area contributed by atoms with Crippen LogP contribution in [0.1, 0.15) is 36.5 Å². The lowest BCUT2D eigenvalue weighted by Crippen LogP contribution is -2.28. The Bertz CT molecular complexity index is 963. The summed E-state index contributed by atoms with van der Waals surface area (Å²) in [7, 11) is -0.200. The fraction of sp³-hybridized carbons (Fsp3) is 0.409. The first-order valence-corrected chi connectivity index (χ1v) is 11.8. The highest BCUT2D eigenvalue weighted by Gasteiger charge is 2.26. The summed E-state index contributed by atoms with van der Waals surface area (Å²) in [5.74, 6) is -0.686. The molecule has 2 aromatic rings. The molecule has 0 aliphatic carbocycles. The first-order valence-electron chi connectivity index (χ1n) is 10.3. The van der Waals surface area contributed by atoms with Crippen LogP contribution in [0.3, 0.4) is 0 Å². The third kappa shape index (κ3) is 7.54. The van der Waals surface area contributed by atoms with E-state index in [1.165, 1.54) is 6.07 Å². The standard InChI is InChI=1S/C22H31N3O5S/c1-4-5-12-23-19-15-17(22(26)27)16-20(21(19)30-18-10-7-6-8-11-18)31(28,29)24-13-9-14-25(2)3/h6-8,10-11,15-16,23-24H,4-5,9,12-14H2,1-3H3,(H,26,27). The van der Waals surface area contributed by atoms with Crippen molar-refractivity contribution in [2.24, 2.45) is 0 Å². The summed E-state index contributed by atoms with van der Waals surface area (Å²) in [6.45, 7) is 3.53. The molecule has 0 aliphatic heterocycles. The van der Waals surface area contributed by atoms with E-state index in [0.29, 0.717) is 24.4 Å². The van der Waals surface area contributed by atoms with Crippen molar-refractivity contribution in [3.63, 3.8) is 0 Å². The molecule has 0 spiro atoms. The topological polar surface area (TPSA) is 108 Å². The zero-order valence-corrected chi connectivity index (χ0v) is 19.0. The zero-order valence-electron chi connectivity index (χ0n) is 18.2. The van der Waals surface area contributed by atoms with Crippen molar-refractivity contribution in [1.82, 2.24) is 9.62 Å². The van der Waals surface area contributed by atoms with E-state index in [0.717, 1.165) is 25.5 Å².